The number of carbonyl (C=O) groups excluding carboxylic acids is 2. The van der Waals surface area contributed by atoms with Crippen LogP contribution in [0.25, 0.3) is 10.2 Å². The molecule has 0 unspecified atom stereocenters. The van der Waals surface area contributed by atoms with E-state index < -0.39 is 0 Å². The quantitative estimate of drug-likeness (QED) is 0.753. The summed E-state index contributed by atoms with van der Waals surface area (Å²) >= 11 is 1.49. The Kier molecular flexibility index (Phi) is 4.20. The van der Waals surface area contributed by atoms with Gasteiger partial charge in [-0.1, -0.05) is 23.5 Å². The number of carbonyl (C=O) groups is 2. The molecule has 0 aliphatic carbocycles. The van der Waals surface area contributed by atoms with Crippen LogP contribution in [-0.2, 0) is 4.79 Å². The number of benzene rings is 2. The number of hydrogen-bond acceptors (Lipinski definition) is 4. The molecule has 2 aromatic carbocycles. The number of anilines is 2. The average molecular weight is 365 g/mol. The Morgan fingerprint density at radius 2 is 1.85 bits per heavy atom. The largest absolute Gasteiger partial charge is 0.312 e. The van der Waals surface area contributed by atoms with Crippen LogP contribution in [0.5, 0.6) is 0 Å². The van der Waals surface area contributed by atoms with Crippen molar-refractivity contribution in [1.82, 2.24) is 4.98 Å². The van der Waals surface area contributed by atoms with E-state index in [-0.39, 0.29) is 11.8 Å². The summed E-state index contributed by atoms with van der Waals surface area (Å²) in [6.45, 7) is 4.81. The molecule has 1 N–H and O–H groups in total. The van der Waals surface area contributed by atoms with Crippen molar-refractivity contribution in [3.8, 4) is 0 Å². The van der Waals surface area contributed by atoms with Crippen LogP contribution in [0.3, 0.4) is 0 Å². The molecule has 1 saturated heterocycles. The van der Waals surface area contributed by atoms with Crippen molar-refractivity contribution >= 4 is 44.2 Å². The molecule has 1 aliphatic rings. The number of fused-ring (bicyclic) bond motifs is 1. The standard InChI is InChI=1S/C20H19N3O2S/c1-12-5-6-13(2)18-17(12)21-20(26-18)22-19(25)14-7-9-15(10-8-14)23-11-3-4-16(23)24/h5-10H,3-4,11H2,1-2H3,(H,21,22,25). The van der Waals surface area contributed by atoms with Gasteiger partial charge < -0.3 is 4.90 Å². The maximum atomic E-state index is 12.5. The fourth-order valence-electron chi connectivity index (χ4n) is 3.20. The monoisotopic (exact) mass is 365 g/mol. The van der Waals surface area contributed by atoms with Gasteiger partial charge >= 0.3 is 0 Å². The van der Waals surface area contributed by atoms with Gasteiger partial charge in [-0.2, -0.15) is 0 Å². The molecule has 132 valence electrons. The molecule has 1 aromatic heterocycles. The van der Waals surface area contributed by atoms with Crippen LogP contribution >= 0.6 is 11.3 Å². The molecule has 1 fully saturated rings. The zero-order valence-corrected chi connectivity index (χ0v) is 15.5. The summed E-state index contributed by atoms with van der Waals surface area (Å²) in [6, 6.07) is 11.3. The van der Waals surface area contributed by atoms with Gasteiger partial charge in [0.15, 0.2) is 5.13 Å². The van der Waals surface area contributed by atoms with E-state index in [4.69, 9.17) is 0 Å². The first kappa shape index (κ1) is 16.7. The maximum absolute atomic E-state index is 12.5. The van der Waals surface area contributed by atoms with Gasteiger partial charge in [-0.25, -0.2) is 4.98 Å². The first-order valence-corrected chi connectivity index (χ1v) is 9.43. The second-order valence-electron chi connectivity index (χ2n) is 6.55. The molecule has 0 radical (unpaired) electrons. The predicted molar refractivity (Wildman–Crippen MR) is 105 cm³/mol. The number of nitrogens with zero attached hydrogens (tertiary/aromatic N) is 2. The maximum Gasteiger partial charge on any atom is 0.257 e. The summed E-state index contributed by atoms with van der Waals surface area (Å²) in [7, 11) is 0. The minimum atomic E-state index is -0.196. The molecule has 5 nitrogen and oxygen atoms in total. The SMILES string of the molecule is Cc1ccc(C)c2sc(NC(=O)c3ccc(N4CCCC4=O)cc3)nc12. The first-order valence-electron chi connectivity index (χ1n) is 8.61. The summed E-state index contributed by atoms with van der Waals surface area (Å²) in [5.41, 5.74) is 4.58. The number of rotatable bonds is 3. The molecule has 1 aliphatic heterocycles. The third-order valence-corrected chi connectivity index (χ3v) is 5.78. The van der Waals surface area contributed by atoms with Crippen molar-refractivity contribution in [2.75, 3.05) is 16.8 Å². The highest BCUT2D eigenvalue weighted by Gasteiger charge is 2.21. The van der Waals surface area contributed by atoms with Crippen LogP contribution < -0.4 is 10.2 Å². The van der Waals surface area contributed by atoms with Crippen molar-refractivity contribution in [3.63, 3.8) is 0 Å². The number of amides is 2. The van der Waals surface area contributed by atoms with Crippen LogP contribution in [0.2, 0.25) is 0 Å². The average Bonchev–Trinajstić information content (AvgIpc) is 3.25. The second-order valence-corrected chi connectivity index (χ2v) is 7.55. The number of aromatic nitrogens is 1. The molecular formula is C20H19N3O2S. The Bertz CT molecular complexity index is 969. The van der Waals surface area contributed by atoms with Gasteiger partial charge in [0.05, 0.1) is 10.2 Å². The number of nitrogens with one attached hydrogen (secondary N) is 1. The smallest absolute Gasteiger partial charge is 0.257 e. The van der Waals surface area contributed by atoms with Gasteiger partial charge in [-0.15, -0.1) is 0 Å². The summed E-state index contributed by atoms with van der Waals surface area (Å²) < 4.78 is 1.10. The van der Waals surface area contributed by atoms with Crippen LogP contribution in [0.15, 0.2) is 36.4 Å². The van der Waals surface area contributed by atoms with Crippen LogP contribution in [0.4, 0.5) is 10.8 Å². The third kappa shape index (κ3) is 2.97. The summed E-state index contributed by atoms with van der Waals surface area (Å²) in [6.07, 6.45) is 1.48. The molecule has 0 saturated carbocycles. The van der Waals surface area contributed by atoms with E-state index in [0.717, 1.165) is 40.0 Å². The van der Waals surface area contributed by atoms with Gasteiger partial charge in [0.1, 0.15) is 0 Å². The van der Waals surface area contributed by atoms with Gasteiger partial charge in [0.2, 0.25) is 5.91 Å². The van der Waals surface area contributed by atoms with Crippen molar-refractivity contribution < 1.29 is 9.59 Å². The van der Waals surface area contributed by atoms with E-state index in [9.17, 15) is 9.59 Å². The zero-order chi connectivity index (χ0) is 18.3. The normalized spacial score (nSPS) is 14.2. The molecule has 6 heteroatoms. The predicted octanol–water partition coefficient (Wildman–Crippen LogP) is 4.29. The first-order chi connectivity index (χ1) is 12.5. The molecular weight excluding hydrogens is 346 g/mol. The van der Waals surface area contributed by atoms with Crippen molar-refractivity contribution in [2.24, 2.45) is 0 Å². The lowest BCUT2D eigenvalue weighted by atomic mass is 10.1. The van der Waals surface area contributed by atoms with Crippen molar-refractivity contribution in [2.45, 2.75) is 26.7 Å². The molecule has 26 heavy (non-hydrogen) atoms. The number of hydrogen-bond donors (Lipinski definition) is 1. The topological polar surface area (TPSA) is 62.3 Å². The molecule has 2 amide bonds. The van der Waals surface area contributed by atoms with E-state index in [1.807, 2.05) is 32.0 Å². The molecule has 0 atom stereocenters. The Balaban J connectivity index is 1.54. The Morgan fingerprint density at radius 3 is 2.50 bits per heavy atom. The van der Waals surface area contributed by atoms with Crippen LogP contribution in [0, 0.1) is 13.8 Å². The van der Waals surface area contributed by atoms with E-state index in [2.05, 4.69) is 16.4 Å². The fraction of sp³-hybridized carbons (Fsp3) is 0.250. The highest BCUT2D eigenvalue weighted by Crippen LogP contribution is 2.31. The van der Waals surface area contributed by atoms with Crippen LogP contribution in [-0.4, -0.2) is 23.3 Å². The summed E-state index contributed by atoms with van der Waals surface area (Å²) in [5, 5.41) is 3.49. The minimum absolute atomic E-state index is 0.141. The van der Waals surface area contributed by atoms with Gasteiger partial charge in [-0.3, -0.25) is 14.9 Å². The Hall–Kier alpha value is -2.73. The van der Waals surface area contributed by atoms with E-state index in [1.165, 1.54) is 11.3 Å². The summed E-state index contributed by atoms with van der Waals surface area (Å²) in [4.78, 5) is 30.7. The summed E-state index contributed by atoms with van der Waals surface area (Å²) in [5.74, 6) is -0.0546. The van der Waals surface area contributed by atoms with Gasteiger partial charge in [0.25, 0.3) is 5.91 Å². The van der Waals surface area contributed by atoms with Gasteiger partial charge in [-0.05, 0) is 55.7 Å². The third-order valence-electron chi connectivity index (χ3n) is 4.68. The van der Waals surface area contributed by atoms with E-state index in [1.54, 1.807) is 17.0 Å². The Labute approximate surface area is 155 Å². The van der Waals surface area contributed by atoms with Gasteiger partial charge in [0, 0.05) is 24.2 Å². The molecule has 3 aromatic rings. The van der Waals surface area contributed by atoms with Crippen molar-refractivity contribution in [1.29, 1.82) is 0 Å². The van der Waals surface area contributed by atoms with E-state index >= 15 is 0 Å². The number of thiazole rings is 1. The molecule has 0 bridgehead atoms. The lowest BCUT2D eigenvalue weighted by Gasteiger charge is -2.15. The lowest BCUT2D eigenvalue weighted by Crippen LogP contribution is -2.23. The van der Waals surface area contributed by atoms with Crippen LogP contribution in [0.1, 0.15) is 34.3 Å². The zero-order valence-electron chi connectivity index (χ0n) is 14.7. The fourth-order valence-corrected chi connectivity index (χ4v) is 4.20. The highest BCUT2D eigenvalue weighted by atomic mass is 32.1. The highest BCUT2D eigenvalue weighted by molar-refractivity contribution is 7.22. The Morgan fingerprint density at radius 1 is 1.12 bits per heavy atom. The van der Waals surface area contributed by atoms with E-state index in [0.29, 0.717) is 17.1 Å². The molecule has 4 rings (SSSR count). The second kappa shape index (κ2) is 6.53. The molecule has 0 spiro atoms. The lowest BCUT2D eigenvalue weighted by molar-refractivity contribution is -0.117. The number of aryl methyl sites for hydroxylation is 2. The van der Waals surface area contributed by atoms with Crippen molar-refractivity contribution in [3.05, 3.63) is 53.1 Å². The minimum Gasteiger partial charge on any atom is -0.312 e. The molecule has 2 heterocycles.